The molecule has 3 heterocycles. The number of nitrogens with one attached hydrogen (secondary N) is 3. The smallest absolute Gasteiger partial charge is 0.410 e. The Kier molecular flexibility index (Phi) is 12.4. The number of ether oxygens (including phenoxy) is 4. The van der Waals surface area contributed by atoms with Gasteiger partial charge in [0.05, 0.1) is 31.9 Å². The van der Waals surface area contributed by atoms with E-state index in [2.05, 4.69) is 27.0 Å². The number of pyridine rings is 1. The molecule has 0 radical (unpaired) electrons. The van der Waals surface area contributed by atoms with Gasteiger partial charge in [0.1, 0.15) is 17.5 Å². The first-order chi connectivity index (χ1) is 25.7. The summed E-state index contributed by atoms with van der Waals surface area (Å²) in [6.07, 6.45) is 9.33. The minimum absolute atomic E-state index is 0.273. The van der Waals surface area contributed by atoms with E-state index in [9.17, 15) is 14.4 Å². The number of carbonyl (C=O) groups is 3. The third-order valence-electron chi connectivity index (χ3n) is 8.67. The maximum absolute atomic E-state index is 12.7. The first-order valence-electron chi connectivity index (χ1n) is 17.8. The van der Waals surface area contributed by atoms with E-state index < -0.39 is 6.03 Å². The summed E-state index contributed by atoms with van der Waals surface area (Å²) in [5.74, 6) is 0.546. The molecular weight excluding hydrogens is 674 g/mol. The van der Waals surface area contributed by atoms with Gasteiger partial charge in [-0.2, -0.15) is 0 Å². The number of fused-ring (bicyclic) bond motifs is 1. The molecule has 0 aliphatic carbocycles. The van der Waals surface area contributed by atoms with Crippen molar-refractivity contribution < 1.29 is 33.3 Å². The van der Waals surface area contributed by atoms with E-state index in [0.29, 0.717) is 62.1 Å². The Hall–Kier alpha value is -5.72. The molecule has 4 amide bonds. The van der Waals surface area contributed by atoms with Crippen molar-refractivity contribution in [3.63, 3.8) is 0 Å². The lowest BCUT2D eigenvalue weighted by atomic mass is 9.99. The van der Waals surface area contributed by atoms with E-state index >= 15 is 0 Å². The van der Waals surface area contributed by atoms with Gasteiger partial charge in [-0.15, -0.1) is 0 Å². The molecule has 276 valence electrons. The Morgan fingerprint density at radius 1 is 0.868 bits per heavy atom. The van der Waals surface area contributed by atoms with Gasteiger partial charge in [-0.3, -0.25) is 9.78 Å². The van der Waals surface area contributed by atoms with Crippen LogP contribution in [0.5, 0.6) is 5.75 Å². The van der Waals surface area contributed by atoms with Crippen LogP contribution in [0.3, 0.4) is 0 Å². The van der Waals surface area contributed by atoms with Crippen LogP contribution in [0.15, 0.2) is 97.3 Å². The molecule has 2 aliphatic rings. The van der Waals surface area contributed by atoms with Crippen molar-refractivity contribution in [3.05, 3.63) is 120 Å². The lowest BCUT2D eigenvalue weighted by molar-refractivity contribution is 0.0392. The van der Waals surface area contributed by atoms with Crippen molar-refractivity contribution in [1.82, 2.24) is 9.88 Å². The molecule has 1 saturated heterocycles. The van der Waals surface area contributed by atoms with Crippen molar-refractivity contribution in [2.24, 2.45) is 0 Å². The highest BCUT2D eigenvalue weighted by molar-refractivity contribution is 6.05. The summed E-state index contributed by atoms with van der Waals surface area (Å²) in [5.41, 5.74) is 4.67. The molecule has 0 saturated carbocycles. The van der Waals surface area contributed by atoms with Crippen molar-refractivity contribution in [3.8, 4) is 5.75 Å². The fourth-order valence-corrected chi connectivity index (χ4v) is 5.96. The third kappa shape index (κ3) is 10.9. The molecule has 3 aromatic carbocycles. The summed E-state index contributed by atoms with van der Waals surface area (Å²) in [5, 5.41) is 8.43. The first kappa shape index (κ1) is 37.1. The molecule has 0 bridgehead atoms. The molecule has 1 atom stereocenters. The zero-order valence-corrected chi connectivity index (χ0v) is 30.0. The number of aromatic nitrogens is 1. The highest BCUT2D eigenvalue weighted by atomic mass is 16.6. The van der Waals surface area contributed by atoms with Gasteiger partial charge in [0.15, 0.2) is 0 Å². The molecule has 2 aliphatic heterocycles. The molecule has 1 aromatic heterocycles. The maximum Gasteiger partial charge on any atom is 0.410 e. The number of nitrogens with zero attached hydrogens (tertiary/aromatic N) is 2. The molecule has 1 fully saturated rings. The third-order valence-corrected chi connectivity index (χ3v) is 8.67. The van der Waals surface area contributed by atoms with E-state index in [1.807, 2.05) is 56.3 Å². The fraction of sp³-hybridized carbons (Fsp3) is 0.317. The van der Waals surface area contributed by atoms with Crippen LogP contribution in [0.4, 0.5) is 26.7 Å². The highest BCUT2D eigenvalue weighted by Crippen LogP contribution is 2.35. The predicted octanol–water partition coefficient (Wildman–Crippen LogP) is 8.06. The number of benzene rings is 3. The van der Waals surface area contributed by atoms with Crippen LogP contribution in [0.25, 0.3) is 6.08 Å². The number of hydrogen-bond acceptors (Lipinski definition) is 8. The van der Waals surface area contributed by atoms with Crippen LogP contribution in [0.2, 0.25) is 0 Å². The summed E-state index contributed by atoms with van der Waals surface area (Å²) in [4.78, 5) is 43.4. The number of unbranched alkanes of at least 4 members (excludes halogenated alkanes) is 2. The monoisotopic (exact) mass is 719 g/mol. The van der Waals surface area contributed by atoms with E-state index in [4.69, 9.17) is 18.9 Å². The normalized spacial score (nSPS) is 15.6. The first-order valence-corrected chi connectivity index (χ1v) is 17.8. The lowest BCUT2D eigenvalue weighted by Crippen LogP contribution is -2.27. The number of amides is 4. The minimum atomic E-state index is -0.417. The summed E-state index contributed by atoms with van der Waals surface area (Å²) in [6.45, 7) is 7.13. The van der Waals surface area contributed by atoms with Gasteiger partial charge in [0, 0.05) is 48.2 Å². The highest BCUT2D eigenvalue weighted by Gasteiger charge is 2.32. The quantitative estimate of drug-likeness (QED) is 0.0989. The van der Waals surface area contributed by atoms with Crippen LogP contribution in [0, 0.1) is 0 Å². The zero-order chi connectivity index (χ0) is 37.0. The number of carbonyl (C=O) groups excluding carboxylic acids is 3. The second-order valence-electron chi connectivity index (χ2n) is 13.4. The van der Waals surface area contributed by atoms with Gasteiger partial charge >= 0.3 is 12.1 Å². The Balaban J connectivity index is 0.818. The van der Waals surface area contributed by atoms with E-state index in [1.165, 1.54) is 6.20 Å². The zero-order valence-electron chi connectivity index (χ0n) is 30.0. The standard InChI is InChI=1S/C41H45N5O7/c1-41(2)17-16-31-24-30(14-15-36(31)53-41)37-27-46(40(49)52-37)19-4-3-5-20-50-21-22-51-28-29-9-6-11-33(23-29)44-39(48)45-35-13-7-12-34(25-35)43-38(47)32-10-8-18-42-26-32/h6-18,23-26,37H,3-5,19-22,27-28H2,1-2H3,(H,43,47)(H2,44,45,48). The van der Waals surface area contributed by atoms with Crippen molar-refractivity contribution in [2.75, 3.05) is 48.9 Å². The number of rotatable bonds is 16. The maximum atomic E-state index is 12.7. The largest absolute Gasteiger partial charge is 0.483 e. The van der Waals surface area contributed by atoms with Gasteiger partial charge in [0.25, 0.3) is 5.91 Å². The average Bonchev–Trinajstić information content (AvgIpc) is 3.52. The summed E-state index contributed by atoms with van der Waals surface area (Å²) in [7, 11) is 0. The number of urea groups is 1. The molecule has 12 heteroatoms. The Morgan fingerprint density at radius 2 is 1.64 bits per heavy atom. The van der Waals surface area contributed by atoms with Crippen LogP contribution < -0.4 is 20.7 Å². The topological polar surface area (TPSA) is 140 Å². The van der Waals surface area contributed by atoms with Crippen LogP contribution >= 0.6 is 0 Å². The Morgan fingerprint density at radius 3 is 2.45 bits per heavy atom. The Bertz CT molecular complexity index is 1920. The average molecular weight is 720 g/mol. The molecule has 0 spiro atoms. The summed E-state index contributed by atoms with van der Waals surface area (Å²) >= 11 is 0. The molecular formula is C41H45N5O7. The van der Waals surface area contributed by atoms with Gasteiger partial charge in [-0.25, -0.2) is 9.59 Å². The van der Waals surface area contributed by atoms with Crippen LogP contribution in [-0.2, 0) is 20.8 Å². The van der Waals surface area contributed by atoms with Gasteiger partial charge < -0.3 is 39.8 Å². The van der Waals surface area contributed by atoms with Crippen molar-refractivity contribution >= 4 is 41.2 Å². The number of cyclic esters (lactones) is 1. The SMILES string of the molecule is CC1(C)C=Cc2cc(C3CN(CCCCCOCCOCc4cccc(NC(=O)Nc5cccc(NC(=O)c6cccnc6)c5)c4)C(=O)O3)ccc2O1. The van der Waals surface area contributed by atoms with E-state index in [1.54, 1.807) is 53.6 Å². The minimum Gasteiger partial charge on any atom is -0.483 e. The molecule has 3 N–H and O–H groups in total. The number of hydrogen-bond donors (Lipinski definition) is 3. The van der Waals surface area contributed by atoms with Crippen molar-refractivity contribution in [2.45, 2.75) is 51.4 Å². The van der Waals surface area contributed by atoms with Crippen LogP contribution in [0.1, 0.15) is 66.3 Å². The fourth-order valence-electron chi connectivity index (χ4n) is 5.96. The molecule has 4 aromatic rings. The second-order valence-corrected chi connectivity index (χ2v) is 13.4. The van der Waals surface area contributed by atoms with E-state index in [-0.39, 0.29) is 23.7 Å². The lowest BCUT2D eigenvalue weighted by Gasteiger charge is -2.28. The van der Waals surface area contributed by atoms with Gasteiger partial charge in [-0.05, 0) is 105 Å². The predicted molar refractivity (Wildman–Crippen MR) is 203 cm³/mol. The molecule has 53 heavy (non-hydrogen) atoms. The molecule has 6 rings (SSSR count). The van der Waals surface area contributed by atoms with Gasteiger partial charge in [0.2, 0.25) is 0 Å². The second kappa shape index (κ2) is 17.7. The molecule has 12 nitrogen and oxygen atoms in total. The molecule has 1 unspecified atom stereocenters. The number of anilines is 3. The summed E-state index contributed by atoms with van der Waals surface area (Å²) in [6, 6.07) is 23.2. The van der Waals surface area contributed by atoms with Crippen molar-refractivity contribution in [1.29, 1.82) is 0 Å². The van der Waals surface area contributed by atoms with E-state index in [0.717, 1.165) is 41.7 Å². The van der Waals surface area contributed by atoms with Crippen LogP contribution in [-0.4, -0.2) is 66.4 Å². The Labute approximate surface area is 309 Å². The summed E-state index contributed by atoms with van der Waals surface area (Å²) < 4.78 is 23.2. The van der Waals surface area contributed by atoms with Gasteiger partial charge in [-0.1, -0.05) is 30.3 Å².